The summed E-state index contributed by atoms with van der Waals surface area (Å²) in [6.45, 7) is 4.55. The highest BCUT2D eigenvalue weighted by Crippen LogP contribution is 2.23. The summed E-state index contributed by atoms with van der Waals surface area (Å²) in [5.41, 5.74) is 1.01. The van der Waals surface area contributed by atoms with Gasteiger partial charge in [-0.25, -0.2) is 4.39 Å². The molecular formula is C16H23FN2O. The first kappa shape index (κ1) is 15.0. The van der Waals surface area contributed by atoms with Gasteiger partial charge in [-0.05, 0) is 64.0 Å². The summed E-state index contributed by atoms with van der Waals surface area (Å²) in [7, 11) is 4.06. The predicted octanol–water partition coefficient (Wildman–Crippen LogP) is 2.81. The molecule has 1 aliphatic heterocycles. The van der Waals surface area contributed by atoms with E-state index in [4.69, 9.17) is 0 Å². The monoisotopic (exact) mass is 278 g/mol. The molecule has 0 aromatic heterocycles. The summed E-state index contributed by atoms with van der Waals surface area (Å²) in [6, 6.07) is 4.75. The maximum atomic E-state index is 14.1. The number of hydrogen-bond donors (Lipinski definition) is 0. The van der Waals surface area contributed by atoms with E-state index in [1.165, 1.54) is 13.0 Å². The molecule has 0 radical (unpaired) electrons. The quantitative estimate of drug-likeness (QED) is 0.791. The second-order valence-electron chi connectivity index (χ2n) is 5.85. The van der Waals surface area contributed by atoms with Gasteiger partial charge in [-0.2, -0.15) is 0 Å². The Kier molecular flexibility index (Phi) is 4.76. The Labute approximate surface area is 120 Å². The Balaban J connectivity index is 2.02. The Bertz CT molecular complexity index is 481. The SMILES string of the molecule is CC(=O)c1ccc(N(C)CC2CCN(C)CC2)c(F)c1. The molecule has 0 amide bonds. The van der Waals surface area contributed by atoms with E-state index in [0.717, 1.165) is 32.5 Å². The van der Waals surface area contributed by atoms with Crippen LogP contribution in [0.4, 0.5) is 10.1 Å². The number of nitrogens with zero attached hydrogens (tertiary/aromatic N) is 2. The summed E-state index contributed by atoms with van der Waals surface area (Å²) < 4.78 is 14.1. The van der Waals surface area contributed by atoms with E-state index in [2.05, 4.69) is 11.9 Å². The zero-order chi connectivity index (χ0) is 14.7. The van der Waals surface area contributed by atoms with Gasteiger partial charge in [0.05, 0.1) is 5.69 Å². The van der Waals surface area contributed by atoms with E-state index >= 15 is 0 Å². The first-order chi connectivity index (χ1) is 9.47. The molecule has 0 unspecified atom stereocenters. The molecule has 1 aliphatic rings. The molecular weight excluding hydrogens is 255 g/mol. The van der Waals surface area contributed by atoms with E-state index in [1.807, 2.05) is 11.9 Å². The van der Waals surface area contributed by atoms with E-state index in [9.17, 15) is 9.18 Å². The predicted molar refractivity (Wildman–Crippen MR) is 79.9 cm³/mol. The minimum absolute atomic E-state index is 0.103. The van der Waals surface area contributed by atoms with Gasteiger partial charge in [-0.1, -0.05) is 0 Å². The van der Waals surface area contributed by atoms with Crippen molar-refractivity contribution in [1.29, 1.82) is 0 Å². The minimum atomic E-state index is -0.312. The molecule has 0 saturated carbocycles. The number of carbonyl (C=O) groups is 1. The van der Waals surface area contributed by atoms with Crippen LogP contribution in [0.1, 0.15) is 30.1 Å². The second-order valence-corrected chi connectivity index (χ2v) is 5.85. The first-order valence-electron chi connectivity index (χ1n) is 7.17. The van der Waals surface area contributed by atoms with Crippen molar-refractivity contribution in [1.82, 2.24) is 4.90 Å². The van der Waals surface area contributed by atoms with Gasteiger partial charge < -0.3 is 9.80 Å². The number of hydrogen-bond acceptors (Lipinski definition) is 3. The van der Waals surface area contributed by atoms with Crippen LogP contribution in [0.3, 0.4) is 0 Å². The highest BCUT2D eigenvalue weighted by molar-refractivity contribution is 5.94. The lowest BCUT2D eigenvalue weighted by molar-refractivity contribution is 0.101. The highest BCUT2D eigenvalue weighted by atomic mass is 19.1. The van der Waals surface area contributed by atoms with Crippen molar-refractivity contribution in [2.75, 3.05) is 38.6 Å². The number of anilines is 1. The van der Waals surface area contributed by atoms with Gasteiger partial charge in [-0.3, -0.25) is 4.79 Å². The lowest BCUT2D eigenvalue weighted by Crippen LogP contribution is -2.36. The van der Waals surface area contributed by atoms with Gasteiger partial charge >= 0.3 is 0 Å². The maximum Gasteiger partial charge on any atom is 0.159 e. The minimum Gasteiger partial charge on any atom is -0.372 e. The van der Waals surface area contributed by atoms with Gasteiger partial charge in [0.1, 0.15) is 5.82 Å². The number of ketones is 1. The molecule has 1 fully saturated rings. The van der Waals surface area contributed by atoms with Crippen LogP contribution in [0.5, 0.6) is 0 Å². The molecule has 3 nitrogen and oxygen atoms in total. The fourth-order valence-electron chi connectivity index (χ4n) is 2.77. The highest BCUT2D eigenvalue weighted by Gasteiger charge is 2.19. The van der Waals surface area contributed by atoms with E-state index in [0.29, 0.717) is 17.2 Å². The molecule has 1 saturated heterocycles. The number of rotatable bonds is 4. The molecule has 0 N–H and O–H groups in total. The van der Waals surface area contributed by atoms with Crippen molar-refractivity contribution < 1.29 is 9.18 Å². The van der Waals surface area contributed by atoms with E-state index < -0.39 is 0 Å². The van der Waals surface area contributed by atoms with Crippen LogP contribution >= 0.6 is 0 Å². The standard InChI is InChI=1S/C16H23FN2O/c1-12(20)14-4-5-16(15(17)10-14)19(3)11-13-6-8-18(2)9-7-13/h4-5,10,13H,6-9,11H2,1-3H3. The second kappa shape index (κ2) is 6.35. The molecule has 0 aliphatic carbocycles. The third kappa shape index (κ3) is 3.57. The van der Waals surface area contributed by atoms with Crippen LogP contribution in [-0.2, 0) is 0 Å². The number of halogens is 1. The first-order valence-corrected chi connectivity index (χ1v) is 7.17. The third-order valence-corrected chi connectivity index (χ3v) is 4.14. The van der Waals surface area contributed by atoms with Crippen LogP contribution in [0.15, 0.2) is 18.2 Å². The third-order valence-electron chi connectivity index (χ3n) is 4.14. The average molecular weight is 278 g/mol. The molecule has 0 spiro atoms. The van der Waals surface area contributed by atoms with E-state index in [1.54, 1.807) is 12.1 Å². The van der Waals surface area contributed by atoms with Crippen molar-refractivity contribution in [3.05, 3.63) is 29.6 Å². The zero-order valence-corrected chi connectivity index (χ0v) is 12.5. The molecule has 1 heterocycles. The lowest BCUT2D eigenvalue weighted by atomic mass is 9.96. The largest absolute Gasteiger partial charge is 0.372 e. The Morgan fingerprint density at radius 3 is 2.60 bits per heavy atom. The molecule has 4 heteroatoms. The topological polar surface area (TPSA) is 23.6 Å². The number of carbonyl (C=O) groups excluding carboxylic acids is 1. The summed E-state index contributed by atoms with van der Waals surface area (Å²) in [4.78, 5) is 15.5. The Morgan fingerprint density at radius 2 is 2.05 bits per heavy atom. The molecule has 0 atom stereocenters. The molecule has 110 valence electrons. The molecule has 1 aromatic carbocycles. The summed E-state index contributed by atoms with van der Waals surface area (Å²) in [6.07, 6.45) is 2.32. The van der Waals surface area contributed by atoms with E-state index in [-0.39, 0.29) is 11.6 Å². The normalized spacial score (nSPS) is 17.2. The Morgan fingerprint density at radius 1 is 1.40 bits per heavy atom. The number of Topliss-reactive ketones (excluding diaryl/α,β-unsaturated/α-hetero) is 1. The zero-order valence-electron chi connectivity index (χ0n) is 12.5. The van der Waals surface area contributed by atoms with Crippen LogP contribution in [0.2, 0.25) is 0 Å². The van der Waals surface area contributed by atoms with Gasteiger partial charge in [0.25, 0.3) is 0 Å². The Hall–Kier alpha value is -1.42. The van der Waals surface area contributed by atoms with Gasteiger partial charge in [0.2, 0.25) is 0 Å². The van der Waals surface area contributed by atoms with Crippen molar-refractivity contribution in [2.45, 2.75) is 19.8 Å². The average Bonchev–Trinajstić information content (AvgIpc) is 2.41. The van der Waals surface area contributed by atoms with Gasteiger partial charge in [-0.15, -0.1) is 0 Å². The molecule has 1 aromatic rings. The van der Waals surface area contributed by atoms with Crippen LogP contribution < -0.4 is 4.90 Å². The summed E-state index contributed by atoms with van der Waals surface area (Å²) >= 11 is 0. The van der Waals surface area contributed by atoms with Crippen LogP contribution in [0, 0.1) is 11.7 Å². The summed E-state index contributed by atoms with van der Waals surface area (Å²) in [5, 5.41) is 0. The molecule has 20 heavy (non-hydrogen) atoms. The van der Waals surface area contributed by atoms with Gasteiger partial charge in [0.15, 0.2) is 5.78 Å². The fourth-order valence-corrected chi connectivity index (χ4v) is 2.77. The summed E-state index contributed by atoms with van der Waals surface area (Å²) in [5.74, 6) is 0.199. The number of benzene rings is 1. The number of piperidine rings is 1. The molecule has 2 rings (SSSR count). The van der Waals surface area contributed by atoms with Gasteiger partial charge in [0, 0.05) is 19.2 Å². The maximum absolute atomic E-state index is 14.1. The van der Waals surface area contributed by atoms with Crippen molar-refractivity contribution in [3.63, 3.8) is 0 Å². The smallest absolute Gasteiger partial charge is 0.159 e. The fraction of sp³-hybridized carbons (Fsp3) is 0.562. The molecule has 0 bridgehead atoms. The lowest BCUT2D eigenvalue weighted by Gasteiger charge is -2.32. The van der Waals surface area contributed by atoms with Crippen LogP contribution in [-0.4, -0.2) is 44.4 Å². The van der Waals surface area contributed by atoms with Crippen molar-refractivity contribution >= 4 is 11.5 Å². The van der Waals surface area contributed by atoms with Crippen LogP contribution in [0.25, 0.3) is 0 Å². The van der Waals surface area contributed by atoms with Crippen molar-refractivity contribution in [2.24, 2.45) is 5.92 Å². The number of likely N-dealkylation sites (tertiary alicyclic amines) is 1. The van der Waals surface area contributed by atoms with Crippen molar-refractivity contribution in [3.8, 4) is 0 Å².